The van der Waals surface area contributed by atoms with Crippen LogP contribution in [0.5, 0.6) is 0 Å². The number of rotatable bonds is 9. The quantitative estimate of drug-likeness (QED) is 0.582. The summed E-state index contributed by atoms with van der Waals surface area (Å²) < 4.78 is 23.9. The highest BCUT2D eigenvalue weighted by Gasteiger charge is 2.35. The molecule has 28 heavy (non-hydrogen) atoms. The van der Waals surface area contributed by atoms with Crippen molar-refractivity contribution in [2.45, 2.75) is 45.8 Å². The molecule has 0 spiro atoms. The summed E-state index contributed by atoms with van der Waals surface area (Å²) in [4.78, 5) is 27.7. The maximum absolute atomic E-state index is 13.1. The van der Waals surface area contributed by atoms with Crippen molar-refractivity contribution >= 4 is 21.7 Å². The van der Waals surface area contributed by atoms with Crippen molar-refractivity contribution in [2.24, 2.45) is 0 Å². The second kappa shape index (κ2) is 10.0. The summed E-state index contributed by atoms with van der Waals surface area (Å²) >= 11 is 0. The van der Waals surface area contributed by atoms with E-state index in [9.17, 15) is 18.0 Å². The molecule has 2 amide bonds. The van der Waals surface area contributed by atoms with Crippen LogP contribution in [0.15, 0.2) is 30.3 Å². The van der Waals surface area contributed by atoms with E-state index in [0.29, 0.717) is 19.5 Å². The molecule has 8 heteroatoms. The minimum absolute atomic E-state index is 0.0147. The predicted molar refractivity (Wildman–Crippen MR) is 109 cm³/mol. The molecule has 1 fully saturated rings. The Labute approximate surface area is 168 Å². The van der Waals surface area contributed by atoms with Crippen molar-refractivity contribution in [1.29, 1.82) is 0 Å². The number of nitrogens with zero attached hydrogens (tertiary/aromatic N) is 1. The van der Waals surface area contributed by atoms with Crippen LogP contribution in [0.2, 0.25) is 0 Å². The van der Waals surface area contributed by atoms with Crippen molar-refractivity contribution < 1.29 is 22.9 Å². The summed E-state index contributed by atoms with van der Waals surface area (Å²) in [6.07, 6.45) is 0.468. The predicted octanol–water partition coefficient (Wildman–Crippen LogP) is -0.368. The van der Waals surface area contributed by atoms with Gasteiger partial charge in [0.2, 0.25) is 0 Å². The number of nitrogens with one attached hydrogen (secondary N) is 2. The Morgan fingerprint density at radius 2 is 1.89 bits per heavy atom. The summed E-state index contributed by atoms with van der Waals surface area (Å²) in [6, 6.07) is 9.34. The van der Waals surface area contributed by atoms with Crippen LogP contribution in [0.3, 0.4) is 0 Å². The first-order valence-electron chi connectivity index (χ1n) is 9.87. The molecule has 1 aromatic rings. The van der Waals surface area contributed by atoms with Crippen LogP contribution in [0, 0.1) is 0 Å². The van der Waals surface area contributed by atoms with Gasteiger partial charge in [-0.25, -0.2) is 8.42 Å². The molecule has 0 bridgehead atoms. The Bertz CT molecular complexity index is 765. The molecule has 2 atom stereocenters. The zero-order valence-corrected chi connectivity index (χ0v) is 17.8. The van der Waals surface area contributed by atoms with Gasteiger partial charge in [-0.2, -0.15) is 0 Å². The number of benzene rings is 1. The second-order valence-corrected chi connectivity index (χ2v) is 9.97. The maximum atomic E-state index is 13.1. The highest BCUT2D eigenvalue weighted by atomic mass is 32.2. The zero-order chi connectivity index (χ0) is 20.7. The van der Waals surface area contributed by atoms with Crippen molar-refractivity contribution in [1.82, 2.24) is 10.2 Å². The van der Waals surface area contributed by atoms with E-state index < -0.39 is 9.84 Å². The fraction of sp³-hybridized carbons (Fsp3) is 0.600. The molecular weight excluding hydrogens is 378 g/mol. The molecule has 156 valence electrons. The first-order valence-corrected chi connectivity index (χ1v) is 11.7. The smallest absolute Gasteiger partial charge is 0.278 e. The Hall–Kier alpha value is -1.93. The fourth-order valence-electron chi connectivity index (χ4n) is 3.45. The molecule has 1 unspecified atom stereocenters. The van der Waals surface area contributed by atoms with Gasteiger partial charge >= 0.3 is 0 Å². The number of quaternary nitrogens is 1. The number of likely N-dealkylation sites (N-methyl/N-ethyl adjacent to an activating group) is 1. The minimum Gasteiger partial charge on any atom is -0.349 e. The highest BCUT2D eigenvalue weighted by molar-refractivity contribution is 7.91. The molecule has 2 N–H and O–H groups in total. The number of sulfone groups is 1. The highest BCUT2D eigenvalue weighted by Crippen LogP contribution is 2.20. The number of amides is 2. The van der Waals surface area contributed by atoms with Crippen molar-refractivity contribution in [3.8, 4) is 0 Å². The summed E-state index contributed by atoms with van der Waals surface area (Å²) in [5, 5.41) is 2.85. The van der Waals surface area contributed by atoms with Crippen LogP contribution >= 0.6 is 0 Å². The largest absolute Gasteiger partial charge is 0.349 e. The number of hydrogen-bond donors (Lipinski definition) is 2. The van der Waals surface area contributed by atoms with Crippen LogP contribution in [0.4, 0.5) is 0 Å². The summed E-state index contributed by atoms with van der Waals surface area (Å²) in [5.74, 6) is -0.0593. The molecule has 7 nitrogen and oxygen atoms in total. The van der Waals surface area contributed by atoms with Crippen LogP contribution in [-0.2, 0) is 26.0 Å². The SMILES string of the molecule is CC[NH+](CC(=O)NC(C)C)CC(=O)N(Cc1ccccc1)[C@@H]1CCS(=O)(=O)C1. The molecule has 0 aromatic heterocycles. The van der Waals surface area contributed by atoms with E-state index in [1.54, 1.807) is 4.90 Å². The zero-order valence-electron chi connectivity index (χ0n) is 17.0. The van der Waals surface area contributed by atoms with Gasteiger partial charge in [0.25, 0.3) is 11.8 Å². The number of hydrogen-bond acceptors (Lipinski definition) is 4. The second-order valence-electron chi connectivity index (χ2n) is 7.74. The lowest BCUT2D eigenvalue weighted by atomic mass is 10.1. The Morgan fingerprint density at radius 3 is 2.43 bits per heavy atom. The third-order valence-corrected chi connectivity index (χ3v) is 6.68. The van der Waals surface area contributed by atoms with Gasteiger partial charge < -0.3 is 15.1 Å². The summed E-state index contributed by atoms with van der Waals surface area (Å²) in [6.45, 7) is 7.16. The van der Waals surface area contributed by atoms with Gasteiger partial charge in [0.15, 0.2) is 22.9 Å². The lowest BCUT2D eigenvalue weighted by molar-refractivity contribution is -0.882. The fourth-order valence-corrected chi connectivity index (χ4v) is 5.18. The van der Waals surface area contributed by atoms with E-state index in [1.165, 1.54) is 0 Å². The topological polar surface area (TPSA) is 88.0 Å². The average molecular weight is 411 g/mol. The Balaban J connectivity index is 2.10. The van der Waals surface area contributed by atoms with E-state index in [2.05, 4.69) is 5.32 Å². The molecule has 1 aliphatic heterocycles. The van der Waals surface area contributed by atoms with Gasteiger partial charge in [0, 0.05) is 18.6 Å². The third-order valence-electron chi connectivity index (χ3n) is 4.93. The maximum Gasteiger partial charge on any atom is 0.278 e. The molecule has 1 aliphatic rings. The minimum atomic E-state index is -3.10. The Kier molecular flexibility index (Phi) is 8.00. The normalized spacial score (nSPS) is 19.4. The van der Waals surface area contributed by atoms with E-state index in [0.717, 1.165) is 10.5 Å². The average Bonchev–Trinajstić information content (AvgIpc) is 2.98. The van der Waals surface area contributed by atoms with Crippen LogP contribution in [0.25, 0.3) is 0 Å². The van der Waals surface area contributed by atoms with E-state index >= 15 is 0 Å². The molecule has 1 aromatic carbocycles. The summed E-state index contributed by atoms with van der Waals surface area (Å²) in [7, 11) is -3.10. The number of carbonyl (C=O) groups is 2. The van der Waals surface area contributed by atoms with Crippen molar-refractivity contribution in [3.63, 3.8) is 0 Å². The van der Waals surface area contributed by atoms with Crippen molar-refractivity contribution in [2.75, 3.05) is 31.1 Å². The van der Waals surface area contributed by atoms with Gasteiger partial charge in [-0.3, -0.25) is 9.59 Å². The molecule has 0 aliphatic carbocycles. The summed E-state index contributed by atoms with van der Waals surface area (Å²) in [5.41, 5.74) is 0.968. The molecule has 1 saturated heterocycles. The Morgan fingerprint density at radius 1 is 1.21 bits per heavy atom. The van der Waals surface area contributed by atoms with Gasteiger partial charge in [-0.05, 0) is 32.8 Å². The van der Waals surface area contributed by atoms with Crippen LogP contribution < -0.4 is 10.2 Å². The number of carbonyl (C=O) groups excluding carboxylic acids is 2. The molecule has 2 rings (SSSR count). The van der Waals surface area contributed by atoms with Crippen LogP contribution in [-0.4, -0.2) is 68.4 Å². The standard InChI is InChI=1S/C20H31N3O4S/c1-4-22(13-19(24)21-16(2)3)14-20(25)23(12-17-8-6-5-7-9-17)18-10-11-28(26,27)15-18/h5-9,16,18H,4,10-15H2,1-3H3,(H,21,24)/p+1/t18-/m1/s1. The molecule has 1 heterocycles. The van der Waals surface area contributed by atoms with Crippen LogP contribution in [0.1, 0.15) is 32.8 Å². The van der Waals surface area contributed by atoms with Crippen molar-refractivity contribution in [3.05, 3.63) is 35.9 Å². The lowest BCUT2D eigenvalue weighted by Crippen LogP contribution is -3.14. The van der Waals surface area contributed by atoms with Gasteiger partial charge in [-0.1, -0.05) is 30.3 Å². The van der Waals surface area contributed by atoms with E-state index in [-0.39, 0.29) is 48.5 Å². The van der Waals surface area contributed by atoms with Gasteiger partial charge in [0.1, 0.15) is 0 Å². The first-order chi connectivity index (χ1) is 13.2. The molecular formula is C20H32N3O4S+. The lowest BCUT2D eigenvalue weighted by Gasteiger charge is -2.29. The monoisotopic (exact) mass is 410 g/mol. The van der Waals surface area contributed by atoms with Gasteiger partial charge in [0.05, 0.1) is 18.1 Å². The van der Waals surface area contributed by atoms with E-state index in [4.69, 9.17) is 0 Å². The van der Waals surface area contributed by atoms with Gasteiger partial charge in [-0.15, -0.1) is 0 Å². The first kappa shape index (κ1) is 22.4. The third kappa shape index (κ3) is 6.91. The molecule has 0 radical (unpaired) electrons. The van der Waals surface area contributed by atoms with E-state index in [1.807, 2.05) is 51.1 Å². The molecule has 0 saturated carbocycles.